The van der Waals surface area contributed by atoms with Crippen LogP contribution in [0.5, 0.6) is 0 Å². The molecule has 0 saturated carbocycles. The Kier molecular flexibility index (Phi) is 5.68. The number of thiocarbonyl (C=S) groups is 1. The average molecular weight is 371 g/mol. The molecule has 128 valence electrons. The fourth-order valence-corrected chi connectivity index (χ4v) is 3.65. The third-order valence-corrected chi connectivity index (χ3v) is 5.36. The maximum atomic E-state index is 12.3. The van der Waals surface area contributed by atoms with Crippen molar-refractivity contribution >= 4 is 40.0 Å². The number of amides is 1. The fourth-order valence-electron chi connectivity index (χ4n) is 2.60. The van der Waals surface area contributed by atoms with Crippen LogP contribution < -0.4 is 5.32 Å². The van der Waals surface area contributed by atoms with Crippen molar-refractivity contribution in [3.63, 3.8) is 0 Å². The summed E-state index contributed by atoms with van der Waals surface area (Å²) in [6.45, 7) is 1.93. The summed E-state index contributed by atoms with van der Waals surface area (Å²) in [5.41, 5.74) is 1.10. The Morgan fingerprint density at radius 2 is 2.04 bits per heavy atom. The number of aromatic nitrogens is 2. The molecule has 3 rings (SSSR count). The second kappa shape index (κ2) is 8.14. The van der Waals surface area contributed by atoms with E-state index in [0.29, 0.717) is 11.4 Å². The van der Waals surface area contributed by atoms with Crippen molar-refractivity contribution in [3.05, 3.63) is 42.1 Å². The zero-order valence-corrected chi connectivity index (χ0v) is 15.1. The lowest BCUT2D eigenvalue weighted by molar-refractivity contribution is -0.113. The number of thioether (sulfide) groups is 1. The van der Waals surface area contributed by atoms with E-state index < -0.39 is 0 Å². The van der Waals surface area contributed by atoms with Crippen LogP contribution in [-0.4, -0.2) is 43.8 Å². The van der Waals surface area contributed by atoms with E-state index >= 15 is 0 Å². The molecule has 1 N–H and O–H groups in total. The van der Waals surface area contributed by atoms with Crippen molar-refractivity contribution < 1.29 is 4.79 Å². The van der Waals surface area contributed by atoms with Crippen molar-refractivity contribution in [3.8, 4) is 11.8 Å². The molecule has 25 heavy (non-hydrogen) atoms. The minimum Gasteiger partial charge on any atom is -0.358 e. The Morgan fingerprint density at radius 3 is 2.72 bits per heavy atom. The zero-order valence-electron chi connectivity index (χ0n) is 13.5. The smallest absolute Gasteiger partial charge is 0.236 e. The quantitative estimate of drug-likeness (QED) is 0.833. The number of nitriles is 1. The third kappa shape index (κ3) is 4.18. The van der Waals surface area contributed by atoms with Gasteiger partial charge in [-0.25, -0.2) is 4.68 Å². The molecule has 0 spiro atoms. The summed E-state index contributed by atoms with van der Waals surface area (Å²) in [6, 6.07) is 11.4. The standard InChI is InChI=1S/C17H17N5OS2/c18-10-13-11-19-22(14-6-2-1-3-7-14)16(13)20-15(23)12-25-17(24)21-8-4-5-9-21/h1-3,6-7,11H,4-5,8-9,12H2,(H,20,23). The van der Waals surface area contributed by atoms with Gasteiger partial charge in [0.2, 0.25) is 5.91 Å². The van der Waals surface area contributed by atoms with Gasteiger partial charge in [0.1, 0.15) is 16.0 Å². The third-order valence-electron chi connectivity index (χ3n) is 3.84. The van der Waals surface area contributed by atoms with E-state index in [2.05, 4.69) is 21.4 Å². The number of nitrogens with zero attached hydrogens (tertiary/aromatic N) is 4. The van der Waals surface area contributed by atoms with Crippen molar-refractivity contribution in [1.82, 2.24) is 14.7 Å². The van der Waals surface area contributed by atoms with Crippen LogP contribution in [0, 0.1) is 11.3 Å². The minimum absolute atomic E-state index is 0.208. The number of likely N-dealkylation sites (tertiary alicyclic amines) is 1. The molecular formula is C17H17N5OS2. The van der Waals surface area contributed by atoms with Gasteiger partial charge in [-0.2, -0.15) is 10.4 Å². The molecule has 1 aliphatic heterocycles. The van der Waals surface area contributed by atoms with Crippen LogP contribution in [0.4, 0.5) is 5.82 Å². The van der Waals surface area contributed by atoms with Crippen LogP contribution in [0.1, 0.15) is 18.4 Å². The van der Waals surface area contributed by atoms with Crippen molar-refractivity contribution in [2.24, 2.45) is 0 Å². The van der Waals surface area contributed by atoms with Crippen molar-refractivity contribution in [2.75, 3.05) is 24.2 Å². The van der Waals surface area contributed by atoms with Gasteiger partial charge in [-0.1, -0.05) is 42.2 Å². The molecule has 0 unspecified atom stereocenters. The molecule has 0 bridgehead atoms. The molecule has 1 fully saturated rings. The van der Waals surface area contributed by atoms with Gasteiger partial charge in [0.05, 0.1) is 17.6 Å². The normalized spacial score (nSPS) is 13.5. The Bertz CT molecular complexity index is 806. The molecule has 6 nitrogen and oxygen atoms in total. The number of benzene rings is 1. The second-order valence-corrected chi connectivity index (χ2v) is 7.17. The first-order valence-corrected chi connectivity index (χ1v) is 9.33. The zero-order chi connectivity index (χ0) is 17.6. The van der Waals surface area contributed by atoms with E-state index in [0.717, 1.165) is 35.9 Å². The molecule has 1 saturated heterocycles. The predicted octanol–water partition coefficient (Wildman–Crippen LogP) is 2.80. The topological polar surface area (TPSA) is 74.0 Å². The largest absolute Gasteiger partial charge is 0.358 e. The number of para-hydroxylation sites is 1. The van der Waals surface area contributed by atoms with Crippen LogP contribution in [0.15, 0.2) is 36.5 Å². The highest BCUT2D eigenvalue weighted by Crippen LogP contribution is 2.21. The van der Waals surface area contributed by atoms with Gasteiger partial charge in [-0.15, -0.1) is 0 Å². The lowest BCUT2D eigenvalue weighted by Crippen LogP contribution is -2.25. The number of nitrogens with one attached hydrogen (secondary N) is 1. The highest BCUT2D eigenvalue weighted by molar-refractivity contribution is 8.23. The molecule has 1 aromatic carbocycles. The number of hydrogen-bond donors (Lipinski definition) is 1. The number of carbonyl (C=O) groups is 1. The summed E-state index contributed by atoms with van der Waals surface area (Å²) in [5, 5.41) is 16.3. The first-order chi connectivity index (χ1) is 12.2. The molecule has 1 aliphatic rings. The van der Waals surface area contributed by atoms with E-state index in [9.17, 15) is 10.1 Å². The predicted molar refractivity (Wildman–Crippen MR) is 103 cm³/mol. The van der Waals surface area contributed by atoms with Gasteiger partial charge in [0.15, 0.2) is 5.82 Å². The Hall–Kier alpha value is -2.37. The summed E-state index contributed by atoms with van der Waals surface area (Å²) in [5.74, 6) is 0.382. The second-order valence-electron chi connectivity index (χ2n) is 5.56. The molecular weight excluding hydrogens is 354 g/mol. The van der Waals surface area contributed by atoms with E-state index in [1.807, 2.05) is 30.3 Å². The van der Waals surface area contributed by atoms with Gasteiger partial charge in [0.25, 0.3) is 0 Å². The number of carbonyl (C=O) groups excluding carboxylic acids is 1. The first-order valence-electron chi connectivity index (χ1n) is 7.94. The Balaban J connectivity index is 1.67. The monoisotopic (exact) mass is 371 g/mol. The van der Waals surface area contributed by atoms with E-state index in [-0.39, 0.29) is 11.7 Å². The van der Waals surface area contributed by atoms with Gasteiger partial charge in [-0.05, 0) is 25.0 Å². The average Bonchev–Trinajstić information content (AvgIpc) is 3.30. The van der Waals surface area contributed by atoms with Gasteiger partial charge in [-0.3, -0.25) is 4.79 Å². The SMILES string of the molecule is N#Cc1cnn(-c2ccccc2)c1NC(=O)CSC(=S)N1CCCC1. The van der Waals surface area contributed by atoms with Crippen LogP contribution in [-0.2, 0) is 4.79 Å². The summed E-state index contributed by atoms with van der Waals surface area (Å²) in [7, 11) is 0. The maximum Gasteiger partial charge on any atom is 0.236 e. The van der Waals surface area contributed by atoms with Crippen LogP contribution in [0.2, 0.25) is 0 Å². The van der Waals surface area contributed by atoms with Crippen LogP contribution in [0.25, 0.3) is 5.69 Å². The van der Waals surface area contributed by atoms with E-state index in [1.165, 1.54) is 18.0 Å². The molecule has 8 heteroatoms. The molecule has 0 radical (unpaired) electrons. The molecule has 2 aromatic rings. The molecule has 2 heterocycles. The summed E-state index contributed by atoms with van der Waals surface area (Å²) in [4.78, 5) is 14.4. The number of hydrogen-bond acceptors (Lipinski definition) is 5. The van der Waals surface area contributed by atoms with E-state index in [1.54, 1.807) is 4.68 Å². The summed E-state index contributed by atoms with van der Waals surface area (Å²) in [6.07, 6.45) is 3.74. The van der Waals surface area contributed by atoms with Gasteiger partial charge in [0, 0.05) is 13.1 Å². The molecule has 1 amide bonds. The van der Waals surface area contributed by atoms with Crippen molar-refractivity contribution in [2.45, 2.75) is 12.8 Å². The molecule has 0 aliphatic carbocycles. The maximum absolute atomic E-state index is 12.3. The molecule has 1 aromatic heterocycles. The van der Waals surface area contributed by atoms with Gasteiger partial charge < -0.3 is 10.2 Å². The Morgan fingerprint density at radius 1 is 1.32 bits per heavy atom. The lowest BCUT2D eigenvalue weighted by atomic mass is 10.3. The number of anilines is 1. The highest BCUT2D eigenvalue weighted by atomic mass is 32.2. The van der Waals surface area contributed by atoms with Crippen molar-refractivity contribution in [1.29, 1.82) is 5.26 Å². The number of rotatable bonds is 4. The van der Waals surface area contributed by atoms with E-state index in [4.69, 9.17) is 12.2 Å². The molecule has 0 atom stereocenters. The first kappa shape index (κ1) is 17.5. The van der Waals surface area contributed by atoms with Gasteiger partial charge >= 0.3 is 0 Å². The highest BCUT2D eigenvalue weighted by Gasteiger charge is 2.18. The summed E-state index contributed by atoms with van der Waals surface area (Å²) >= 11 is 6.72. The summed E-state index contributed by atoms with van der Waals surface area (Å²) < 4.78 is 2.31. The lowest BCUT2D eigenvalue weighted by Gasteiger charge is -2.17. The van der Waals surface area contributed by atoms with Crippen LogP contribution in [0.3, 0.4) is 0 Å². The minimum atomic E-state index is -0.208. The Labute approximate surface area is 155 Å². The fraction of sp³-hybridized carbons (Fsp3) is 0.294. The van der Waals surface area contributed by atoms with Crippen LogP contribution >= 0.6 is 24.0 Å².